The number of hydrogen-bond donors (Lipinski definition) is 1. The fraction of sp³-hybridized carbons (Fsp3) is 0.130. The second kappa shape index (κ2) is 8.97. The van der Waals surface area contributed by atoms with Crippen LogP contribution in [0.5, 0.6) is 0 Å². The summed E-state index contributed by atoms with van der Waals surface area (Å²) in [6.07, 6.45) is 0.219. The Kier molecular flexibility index (Phi) is 6.39. The van der Waals surface area contributed by atoms with Gasteiger partial charge >= 0.3 is 0 Å². The maximum atomic E-state index is 13.9. The lowest BCUT2D eigenvalue weighted by Crippen LogP contribution is -2.16. The van der Waals surface area contributed by atoms with Crippen molar-refractivity contribution < 1.29 is 18.4 Å². The van der Waals surface area contributed by atoms with Crippen LogP contribution in [0.15, 0.2) is 60.7 Å². The number of benzene rings is 3. The Morgan fingerprint density at radius 1 is 0.966 bits per heavy atom. The van der Waals surface area contributed by atoms with E-state index in [1.54, 1.807) is 0 Å². The average molecular weight is 414 g/mol. The summed E-state index contributed by atoms with van der Waals surface area (Å²) in [5.41, 5.74) is 2.22. The molecule has 0 heterocycles. The highest BCUT2D eigenvalue weighted by atomic mass is 35.5. The van der Waals surface area contributed by atoms with E-state index in [1.165, 1.54) is 24.3 Å². The number of halogens is 3. The molecule has 0 aromatic heterocycles. The molecule has 0 aliphatic rings. The van der Waals surface area contributed by atoms with Crippen LogP contribution < -0.4 is 5.32 Å². The number of aryl methyl sites for hydroxylation is 1. The standard InChI is InChI=1S/C23H18ClF2NO2/c1-14-3-2-4-15(9-14)10-19(28)11-16-5-7-18(25)13-22(16)27-23(29)20-12-17(24)6-8-21(20)26/h2-9,12-13H,10-11H2,1H3,(H,27,29). The molecular formula is C23H18ClF2NO2. The molecule has 1 N–H and O–H groups in total. The first-order chi connectivity index (χ1) is 13.8. The molecule has 0 saturated carbocycles. The number of anilines is 1. The van der Waals surface area contributed by atoms with Crippen LogP contribution in [-0.2, 0) is 17.6 Å². The highest BCUT2D eigenvalue weighted by Gasteiger charge is 2.16. The summed E-state index contributed by atoms with van der Waals surface area (Å²) in [5.74, 6) is -2.20. The van der Waals surface area contributed by atoms with Gasteiger partial charge in [0.05, 0.1) is 5.56 Å². The molecule has 0 spiro atoms. The lowest BCUT2D eigenvalue weighted by Gasteiger charge is -2.12. The first kappa shape index (κ1) is 20.7. The molecule has 3 aromatic rings. The van der Waals surface area contributed by atoms with E-state index in [2.05, 4.69) is 5.32 Å². The third-order valence-electron chi connectivity index (χ3n) is 4.36. The number of carbonyl (C=O) groups is 2. The number of amides is 1. The predicted molar refractivity (Wildman–Crippen MR) is 109 cm³/mol. The number of hydrogen-bond acceptors (Lipinski definition) is 2. The Balaban J connectivity index is 1.79. The van der Waals surface area contributed by atoms with Crippen molar-refractivity contribution in [2.24, 2.45) is 0 Å². The van der Waals surface area contributed by atoms with Gasteiger partial charge in [-0.2, -0.15) is 0 Å². The summed E-state index contributed by atoms with van der Waals surface area (Å²) in [7, 11) is 0. The van der Waals surface area contributed by atoms with Crippen molar-refractivity contribution in [2.75, 3.05) is 5.32 Å². The number of Topliss-reactive ketones (excluding diaryl/α,β-unsaturated/α-hetero) is 1. The quantitative estimate of drug-likeness (QED) is 0.577. The van der Waals surface area contributed by atoms with Crippen molar-refractivity contribution in [1.82, 2.24) is 0 Å². The minimum Gasteiger partial charge on any atom is -0.322 e. The van der Waals surface area contributed by atoms with Gasteiger partial charge in [0.2, 0.25) is 0 Å². The monoisotopic (exact) mass is 413 g/mol. The Hall–Kier alpha value is -3.05. The van der Waals surface area contributed by atoms with Crippen LogP contribution in [-0.4, -0.2) is 11.7 Å². The van der Waals surface area contributed by atoms with E-state index in [0.717, 1.165) is 23.3 Å². The minimum absolute atomic E-state index is 0.00185. The highest BCUT2D eigenvalue weighted by Crippen LogP contribution is 2.22. The fourth-order valence-corrected chi connectivity index (χ4v) is 3.18. The zero-order chi connectivity index (χ0) is 21.0. The van der Waals surface area contributed by atoms with Crippen molar-refractivity contribution >= 4 is 29.0 Å². The summed E-state index contributed by atoms with van der Waals surface area (Å²) >= 11 is 5.83. The summed E-state index contributed by atoms with van der Waals surface area (Å²) < 4.78 is 27.7. The number of rotatable bonds is 6. The number of nitrogens with one attached hydrogen (secondary N) is 1. The summed E-state index contributed by atoms with van der Waals surface area (Å²) in [5, 5.41) is 2.68. The lowest BCUT2D eigenvalue weighted by molar-refractivity contribution is -0.117. The van der Waals surface area contributed by atoms with Crippen LogP contribution in [0, 0.1) is 18.6 Å². The molecule has 3 nitrogen and oxygen atoms in total. The van der Waals surface area contributed by atoms with E-state index < -0.39 is 17.5 Å². The zero-order valence-corrected chi connectivity index (χ0v) is 16.4. The van der Waals surface area contributed by atoms with Gasteiger partial charge in [-0.05, 0) is 48.4 Å². The van der Waals surface area contributed by atoms with E-state index in [4.69, 9.17) is 11.6 Å². The molecule has 3 aromatic carbocycles. The normalized spacial score (nSPS) is 10.6. The van der Waals surface area contributed by atoms with Crippen molar-refractivity contribution in [1.29, 1.82) is 0 Å². The van der Waals surface area contributed by atoms with Gasteiger partial charge in [-0.15, -0.1) is 0 Å². The van der Waals surface area contributed by atoms with Crippen LogP contribution in [0.4, 0.5) is 14.5 Å². The van der Waals surface area contributed by atoms with E-state index in [0.29, 0.717) is 5.56 Å². The smallest absolute Gasteiger partial charge is 0.258 e. The van der Waals surface area contributed by atoms with Crippen molar-refractivity contribution in [2.45, 2.75) is 19.8 Å². The third kappa shape index (κ3) is 5.48. The van der Waals surface area contributed by atoms with Gasteiger partial charge < -0.3 is 5.32 Å². The minimum atomic E-state index is -0.775. The molecule has 29 heavy (non-hydrogen) atoms. The van der Waals surface area contributed by atoms with E-state index in [9.17, 15) is 18.4 Å². The maximum absolute atomic E-state index is 13.9. The molecule has 0 aliphatic heterocycles. The Labute approximate surface area is 172 Å². The number of ketones is 1. The second-order valence-corrected chi connectivity index (χ2v) is 7.20. The summed E-state index contributed by atoms with van der Waals surface area (Å²) in [4.78, 5) is 24.9. The van der Waals surface area contributed by atoms with Crippen LogP contribution in [0.3, 0.4) is 0 Å². The van der Waals surface area contributed by atoms with Gasteiger partial charge in [-0.3, -0.25) is 9.59 Å². The van der Waals surface area contributed by atoms with Crippen molar-refractivity contribution in [3.05, 3.63) is 99.6 Å². The largest absolute Gasteiger partial charge is 0.322 e. The van der Waals surface area contributed by atoms with Crippen LogP contribution in [0.1, 0.15) is 27.0 Å². The molecule has 6 heteroatoms. The van der Waals surface area contributed by atoms with Crippen LogP contribution in [0.25, 0.3) is 0 Å². The molecule has 0 atom stereocenters. The molecular weight excluding hydrogens is 396 g/mol. The molecule has 3 rings (SSSR count). The van der Waals surface area contributed by atoms with Crippen LogP contribution >= 0.6 is 11.6 Å². The molecule has 0 saturated heterocycles. The molecule has 148 valence electrons. The highest BCUT2D eigenvalue weighted by molar-refractivity contribution is 6.31. The Bertz CT molecular complexity index is 1080. The number of carbonyl (C=O) groups excluding carboxylic acids is 2. The second-order valence-electron chi connectivity index (χ2n) is 6.76. The van der Waals surface area contributed by atoms with Crippen molar-refractivity contribution in [3.63, 3.8) is 0 Å². The summed E-state index contributed by atoms with van der Waals surface area (Å²) in [6, 6.07) is 15.0. The van der Waals surface area contributed by atoms with Gasteiger partial charge in [0.1, 0.15) is 17.4 Å². The van der Waals surface area contributed by atoms with Crippen LogP contribution in [0.2, 0.25) is 5.02 Å². The van der Waals surface area contributed by atoms with Gasteiger partial charge in [0, 0.05) is 23.6 Å². The van der Waals surface area contributed by atoms with Gasteiger partial charge in [0.15, 0.2) is 0 Å². The van der Waals surface area contributed by atoms with Gasteiger partial charge in [-0.25, -0.2) is 8.78 Å². The predicted octanol–water partition coefficient (Wildman–Crippen LogP) is 5.53. The third-order valence-corrected chi connectivity index (χ3v) is 4.60. The first-order valence-electron chi connectivity index (χ1n) is 8.94. The maximum Gasteiger partial charge on any atom is 0.258 e. The van der Waals surface area contributed by atoms with E-state index in [1.807, 2.05) is 31.2 Å². The molecule has 0 unspecified atom stereocenters. The topological polar surface area (TPSA) is 46.2 Å². The molecule has 0 bridgehead atoms. The lowest BCUT2D eigenvalue weighted by atomic mass is 10.00. The molecule has 0 fully saturated rings. The molecule has 1 amide bonds. The zero-order valence-electron chi connectivity index (χ0n) is 15.6. The van der Waals surface area contributed by atoms with E-state index in [-0.39, 0.29) is 34.9 Å². The SMILES string of the molecule is Cc1cccc(CC(=O)Cc2ccc(F)cc2NC(=O)c2cc(Cl)ccc2F)c1. The Morgan fingerprint density at radius 2 is 1.76 bits per heavy atom. The molecule has 0 radical (unpaired) electrons. The average Bonchev–Trinajstić information content (AvgIpc) is 2.66. The Morgan fingerprint density at radius 3 is 2.52 bits per heavy atom. The van der Waals surface area contributed by atoms with Gasteiger partial charge in [0.25, 0.3) is 5.91 Å². The first-order valence-corrected chi connectivity index (χ1v) is 9.31. The molecule has 0 aliphatic carbocycles. The summed E-state index contributed by atoms with van der Waals surface area (Å²) in [6.45, 7) is 1.94. The van der Waals surface area contributed by atoms with Crippen molar-refractivity contribution in [3.8, 4) is 0 Å². The fourth-order valence-electron chi connectivity index (χ4n) is 3.01. The van der Waals surface area contributed by atoms with Gasteiger partial charge in [-0.1, -0.05) is 47.5 Å². The van der Waals surface area contributed by atoms with E-state index >= 15 is 0 Å².